The number of nitrogens with one attached hydrogen (secondary N) is 2. The Morgan fingerprint density at radius 3 is 2.28 bits per heavy atom. The van der Waals surface area contributed by atoms with E-state index in [9.17, 15) is 4.79 Å². The highest BCUT2D eigenvalue weighted by Gasteiger charge is 2.53. The maximum Gasteiger partial charge on any atom is 0.251 e. The van der Waals surface area contributed by atoms with E-state index in [2.05, 4.69) is 16.7 Å². The van der Waals surface area contributed by atoms with Crippen LogP contribution in [-0.4, -0.2) is 25.0 Å². The molecule has 2 atom stereocenters. The molecule has 1 amide bonds. The molecule has 0 bridgehead atoms. The summed E-state index contributed by atoms with van der Waals surface area (Å²) in [7, 11) is 0. The van der Waals surface area contributed by atoms with E-state index in [1.165, 1.54) is 0 Å². The number of piperidine rings is 1. The molecule has 0 spiro atoms. The molecular weight excluding hydrogens is 248 g/mol. The standard InChI is InChI=1S/C14H18N2O.ClH/c1-8-3-9(2)5-10(4-8)14(17)16-13-11-6-15-7-12(11)13;/h3-5,11-13,15H,6-7H2,1-2H3,(H,16,17);1H. The van der Waals surface area contributed by atoms with Crippen LogP contribution in [0.2, 0.25) is 0 Å². The second-order valence-corrected chi connectivity index (χ2v) is 5.36. The molecule has 1 heterocycles. The van der Waals surface area contributed by atoms with Crippen molar-refractivity contribution >= 4 is 18.3 Å². The molecule has 2 fully saturated rings. The van der Waals surface area contributed by atoms with E-state index in [1.807, 2.05) is 26.0 Å². The first kappa shape index (κ1) is 13.4. The molecule has 3 nitrogen and oxygen atoms in total. The third-order valence-corrected chi connectivity index (χ3v) is 3.87. The largest absolute Gasteiger partial charge is 0.349 e. The van der Waals surface area contributed by atoms with Crippen molar-refractivity contribution in [2.45, 2.75) is 19.9 Å². The first-order valence-electron chi connectivity index (χ1n) is 6.25. The molecule has 18 heavy (non-hydrogen) atoms. The smallest absolute Gasteiger partial charge is 0.251 e. The van der Waals surface area contributed by atoms with Crippen molar-refractivity contribution in [1.82, 2.24) is 10.6 Å². The van der Waals surface area contributed by atoms with Gasteiger partial charge in [-0.15, -0.1) is 12.4 Å². The zero-order chi connectivity index (χ0) is 12.0. The molecule has 1 aromatic rings. The number of fused-ring (bicyclic) bond motifs is 1. The highest BCUT2D eigenvalue weighted by molar-refractivity contribution is 5.95. The lowest BCUT2D eigenvalue weighted by atomic mass is 10.1. The van der Waals surface area contributed by atoms with Gasteiger partial charge in [0.1, 0.15) is 0 Å². The monoisotopic (exact) mass is 266 g/mol. The molecule has 1 aliphatic heterocycles. The Balaban J connectivity index is 0.00000120. The van der Waals surface area contributed by atoms with Gasteiger partial charge in [0.15, 0.2) is 0 Å². The van der Waals surface area contributed by atoms with Gasteiger partial charge in [-0.05, 0) is 37.8 Å². The Kier molecular flexibility index (Phi) is 3.64. The molecule has 1 saturated carbocycles. The summed E-state index contributed by atoms with van der Waals surface area (Å²) in [5.41, 5.74) is 3.08. The highest BCUT2D eigenvalue weighted by Crippen LogP contribution is 2.41. The van der Waals surface area contributed by atoms with E-state index < -0.39 is 0 Å². The predicted octanol–water partition coefficient (Wildman–Crippen LogP) is 1.67. The molecule has 0 aromatic heterocycles. The lowest BCUT2D eigenvalue weighted by Crippen LogP contribution is -2.32. The molecule has 1 aliphatic carbocycles. The van der Waals surface area contributed by atoms with Crippen LogP contribution in [0.25, 0.3) is 0 Å². The molecule has 4 heteroatoms. The zero-order valence-electron chi connectivity index (χ0n) is 10.7. The van der Waals surface area contributed by atoms with E-state index in [0.717, 1.165) is 29.8 Å². The second-order valence-electron chi connectivity index (χ2n) is 5.36. The first-order valence-corrected chi connectivity index (χ1v) is 6.25. The van der Waals surface area contributed by atoms with Crippen LogP contribution in [0.4, 0.5) is 0 Å². The lowest BCUT2D eigenvalue weighted by Gasteiger charge is -2.09. The Hall–Kier alpha value is -1.06. The number of carbonyl (C=O) groups is 1. The fourth-order valence-corrected chi connectivity index (χ4v) is 2.97. The van der Waals surface area contributed by atoms with Crippen LogP contribution < -0.4 is 10.6 Å². The average molecular weight is 267 g/mol. The van der Waals surface area contributed by atoms with E-state index in [4.69, 9.17) is 0 Å². The number of benzene rings is 1. The summed E-state index contributed by atoms with van der Waals surface area (Å²) in [6.45, 7) is 6.17. The van der Waals surface area contributed by atoms with Gasteiger partial charge in [0.2, 0.25) is 0 Å². The van der Waals surface area contributed by atoms with Gasteiger partial charge in [-0.3, -0.25) is 4.79 Å². The molecule has 98 valence electrons. The first-order chi connectivity index (χ1) is 8.15. The summed E-state index contributed by atoms with van der Waals surface area (Å²) in [6, 6.07) is 6.41. The maximum absolute atomic E-state index is 12.1. The van der Waals surface area contributed by atoms with Crippen molar-refractivity contribution in [1.29, 1.82) is 0 Å². The van der Waals surface area contributed by atoms with Crippen molar-refractivity contribution in [3.05, 3.63) is 34.9 Å². The Morgan fingerprint density at radius 2 is 1.72 bits per heavy atom. The van der Waals surface area contributed by atoms with Crippen molar-refractivity contribution < 1.29 is 4.79 Å². The topological polar surface area (TPSA) is 41.1 Å². The molecule has 2 unspecified atom stereocenters. The van der Waals surface area contributed by atoms with Gasteiger partial charge in [0.25, 0.3) is 5.91 Å². The van der Waals surface area contributed by atoms with Gasteiger partial charge in [0.05, 0.1) is 0 Å². The summed E-state index contributed by atoms with van der Waals surface area (Å²) in [6.07, 6.45) is 0. The van der Waals surface area contributed by atoms with Crippen molar-refractivity contribution in [2.75, 3.05) is 13.1 Å². The second kappa shape index (κ2) is 4.90. The number of rotatable bonds is 2. The number of aryl methyl sites for hydroxylation is 2. The van der Waals surface area contributed by atoms with Crippen LogP contribution in [0.15, 0.2) is 18.2 Å². The third kappa shape index (κ3) is 2.38. The van der Waals surface area contributed by atoms with Gasteiger partial charge in [0, 0.05) is 24.7 Å². The van der Waals surface area contributed by atoms with Gasteiger partial charge < -0.3 is 10.6 Å². The Labute approximate surface area is 114 Å². The third-order valence-electron chi connectivity index (χ3n) is 3.87. The fraction of sp³-hybridized carbons (Fsp3) is 0.500. The molecule has 1 aromatic carbocycles. The van der Waals surface area contributed by atoms with E-state index in [1.54, 1.807) is 0 Å². The number of hydrogen-bond donors (Lipinski definition) is 2. The zero-order valence-corrected chi connectivity index (χ0v) is 11.5. The Morgan fingerprint density at radius 1 is 1.17 bits per heavy atom. The van der Waals surface area contributed by atoms with Gasteiger partial charge in [-0.25, -0.2) is 0 Å². The summed E-state index contributed by atoms with van der Waals surface area (Å²) in [5.74, 6) is 1.42. The highest BCUT2D eigenvalue weighted by atomic mass is 35.5. The number of halogens is 1. The van der Waals surface area contributed by atoms with Crippen LogP contribution >= 0.6 is 12.4 Å². The quantitative estimate of drug-likeness (QED) is 0.855. The van der Waals surface area contributed by atoms with Crippen LogP contribution in [0.3, 0.4) is 0 Å². The van der Waals surface area contributed by atoms with Crippen LogP contribution in [0.1, 0.15) is 21.5 Å². The number of amides is 1. The molecule has 2 N–H and O–H groups in total. The predicted molar refractivity (Wildman–Crippen MR) is 74.3 cm³/mol. The fourth-order valence-electron chi connectivity index (χ4n) is 2.97. The van der Waals surface area contributed by atoms with Crippen LogP contribution in [0, 0.1) is 25.7 Å². The molecular formula is C14H19ClN2O. The summed E-state index contributed by atoms with van der Waals surface area (Å²) >= 11 is 0. The SMILES string of the molecule is Cc1cc(C)cc(C(=O)NC2C3CNCC32)c1.Cl. The summed E-state index contributed by atoms with van der Waals surface area (Å²) in [4.78, 5) is 12.1. The Bertz CT molecular complexity index is 445. The molecule has 2 aliphatic rings. The minimum atomic E-state index is 0. The summed E-state index contributed by atoms with van der Waals surface area (Å²) < 4.78 is 0. The maximum atomic E-state index is 12.1. The summed E-state index contributed by atoms with van der Waals surface area (Å²) in [5, 5.41) is 6.48. The van der Waals surface area contributed by atoms with E-state index in [-0.39, 0.29) is 18.3 Å². The van der Waals surface area contributed by atoms with Crippen molar-refractivity contribution in [3.63, 3.8) is 0 Å². The van der Waals surface area contributed by atoms with E-state index in [0.29, 0.717) is 17.9 Å². The molecule has 0 radical (unpaired) electrons. The van der Waals surface area contributed by atoms with Crippen molar-refractivity contribution in [2.24, 2.45) is 11.8 Å². The number of hydrogen-bond acceptors (Lipinski definition) is 2. The average Bonchev–Trinajstić information content (AvgIpc) is 2.73. The normalized spacial score (nSPS) is 28.2. The lowest BCUT2D eigenvalue weighted by molar-refractivity contribution is 0.0946. The van der Waals surface area contributed by atoms with Gasteiger partial charge >= 0.3 is 0 Å². The molecule has 3 rings (SSSR count). The van der Waals surface area contributed by atoms with Crippen LogP contribution in [-0.2, 0) is 0 Å². The van der Waals surface area contributed by atoms with E-state index >= 15 is 0 Å². The molecule has 1 saturated heterocycles. The van der Waals surface area contributed by atoms with Crippen LogP contribution in [0.5, 0.6) is 0 Å². The minimum absolute atomic E-state index is 0. The minimum Gasteiger partial charge on any atom is -0.349 e. The number of carbonyl (C=O) groups excluding carboxylic acids is 1. The van der Waals surface area contributed by atoms with Gasteiger partial charge in [-0.2, -0.15) is 0 Å². The van der Waals surface area contributed by atoms with Gasteiger partial charge in [-0.1, -0.05) is 17.2 Å². The van der Waals surface area contributed by atoms with Crippen molar-refractivity contribution in [3.8, 4) is 0 Å².